The normalized spacial score (nSPS) is 27.7. The van der Waals surface area contributed by atoms with Crippen molar-refractivity contribution in [3.8, 4) is 5.75 Å². The zero-order valence-electron chi connectivity index (χ0n) is 19.9. The summed E-state index contributed by atoms with van der Waals surface area (Å²) in [5.74, 6) is -0.871. The van der Waals surface area contributed by atoms with Gasteiger partial charge in [0, 0.05) is 48.3 Å². The first-order valence-corrected chi connectivity index (χ1v) is 12.9. The number of hydrogen-bond donors (Lipinski definition) is 1. The van der Waals surface area contributed by atoms with Gasteiger partial charge in [0.05, 0.1) is 0 Å². The van der Waals surface area contributed by atoms with Crippen molar-refractivity contribution < 1.29 is 13.5 Å². The lowest BCUT2D eigenvalue weighted by Gasteiger charge is -2.39. The average Bonchev–Trinajstić information content (AvgIpc) is 3.58. The molecule has 5 heteroatoms. The van der Waals surface area contributed by atoms with E-state index in [1.807, 2.05) is 30.3 Å². The second-order valence-electron chi connectivity index (χ2n) is 10.4. The second-order valence-corrected chi connectivity index (χ2v) is 10.4. The molecule has 2 heterocycles. The van der Waals surface area contributed by atoms with Gasteiger partial charge < -0.3 is 10.1 Å². The Morgan fingerprint density at radius 2 is 1.49 bits per heavy atom. The molecule has 2 aliphatic heterocycles. The number of nitrogens with one attached hydrogen (secondary N) is 1. The van der Waals surface area contributed by atoms with E-state index in [4.69, 9.17) is 4.74 Å². The highest BCUT2D eigenvalue weighted by molar-refractivity contribution is 5.43. The van der Waals surface area contributed by atoms with Gasteiger partial charge in [-0.05, 0) is 49.3 Å². The number of ether oxygens (including phenoxy) is 1. The Balaban J connectivity index is 1.09. The van der Waals surface area contributed by atoms with Crippen molar-refractivity contribution in [2.45, 2.75) is 75.3 Å². The van der Waals surface area contributed by atoms with E-state index in [2.05, 4.69) is 40.5 Å². The number of halogens is 2. The van der Waals surface area contributed by atoms with Crippen LogP contribution in [0.5, 0.6) is 5.75 Å². The molecular weight excluding hydrogens is 442 g/mol. The maximum atomic E-state index is 14.7. The van der Waals surface area contributed by atoms with E-state index in [1.165, 1.54) is 24.5 Å². The van der Waals surface area contributed by atoms with Crippen LogP contribution in [0.4, 0.5) is 8.78 Å². The molecule has 3 nitrogen and oxygen atoms in total. The third-order valence-corrected chi connectivity index (χ3v) is 8.00. The summed E-state index contributed by atoms with van der Waals surface area (Å²) in [6.45, 7) is 1.30. The number of nitrogens with zero attached hydrogens (tertiary/aromatic N) is 1. The number of piperidine rings is 1. The molecule has 3 fully saturated rings. The number of fused-ring (bicyclic) bond motifs is 2. The lowest BCUT2D eigenvalue weighted by molar-refractivity contribution is 0.108. The third kappa shape index (κ3) is 4.98. The second kappa shape index (κ2) is 9.71. The third-order valence-electron chi connectivity index (χ3n) is 8.00. The quantitative estimate of drug-likeness (QED) is 0.422. The highest BCUT2D eigenvalue weighted by atomic mass is 19.1. The molecule has 1 aliphatic carbocycles. The summed E-state index contributed by atoms with van der Waals surface area (Å²) in [6.07, 6.45) is 5.69. The molecule has 0 spiro atoms. The van der Waals surface area contributed by atoms with Crippen LogP contribution in [-0.4, -0.2) is 29.1 Å². The van der Waals surface area contributed by atoms with Crippen molar-refractivity contribution in [1.29, 1.82) is 0 Å². The van der Waals surface area contributed by atoms with Crippen molar-refractivity contribution in [2.24, 2.45) is 0 Å². The summed E-state index contributed by atoms with van der Waals surface area (Å²) in [7, 11) is 0. The summed E-state index contributed by atoms with van der Waals surface area (Å²) in [5, 5.41) is 3.84. The molecule has 2 saturated heterocycles. The highest BCUT2D eigenvalue weighted by Gasteiger charge is 2.46. The van der Waals surface area contributed by atoms with Crippen LogP contribution in [0.3, 0.4) is 0 Å². The molecule has 35 heavy (non-hydrogen) atoms. The SMILES string of the molecule is Fc1cc(F)c(OCc2ccccc2)c(C2CC2NC2CC3CCC(C2)N3Cc2ccccc2)c1. The van der Waals surface area contributed by atoms with Crippen LogP contribution in [-0.2, 0) is 13.2 Å². The van der Waals surface area contributed by atoms with Crippen molar-refractivity contribution in [3.63, 3.8) is 0 Å². The minimum atomic E-state index is -0.617. The molecule has 3 aromatic carbocycles. The Labute approximate surface area is 206 Å². The molecule has 0 amide bonds. The van der Waals surface area contributed by atoms with Crippen molar-refractivity contribution in [3.05, 3.63) is 101 Å². The van der Waals surface area contributed by atoms with Crippen molar-refractivity contribution in [2.75, 3.05) is 0 Å². The van der Waals surface area contributed by atoms with Crippen molar-refractivity contribution in [1.82, 2.24) is 10.2 Å². The van der Waals surface area contributed by atoms with Gasteiger partial charge in [0.2, 0.25) is 0 Å². The monoisotopic (exact) mass is 474 g/mol. The fraction of sp³-hybridized carbons (Fsp3) is 0.400. The molecule has 0 radical (unpaired) electrons. The first-order chi connectivity index (χ1) is 17.1. The maximum Gasteiger partial charge on any atom is 0.168 e. The Kier molecular flexibility index (Phi) is 6.29. The van der Waals surface area contributed by atoms with Gasteiger partial charge in [0.25, 0.3) is 0 Å². The molecular formula is C30H32F2N2O. The molecule has 0 aromatic heterocycles. The Morgan fingerprint density at radius 1 is 0.829 bits per heavy atom. The van der Waals surface area contributed by atoms with Gasteiger partial charge in [0.1, 0.15) is 12.4 Å². The largest absolute Gasteiger partial charge is 0.486 e. The molecule has 3 aliphatic rings. The van der Waals surface area contributed by atoms with Gasteiger partial charge in [-0.3, -0.25) is 4.90 Å². The lowest BCUT2D eigenvalue weighted by atomic mass is 9.96. The van der Waals surface area contributed by atoms with E-state index in [-0.39, 0.29) is 24.3 Å². The van der Waals surface area contributed by atoms with Gasteiger partial charge in [-0.2, -0.15) is 0 Å². The topological polar surface area (TPSA) is 24.5 Å². The average molecular weight is 475 g/mol. The fourth-order valence-electron chi connectivity index (χ4n) is 6.23. The molecule has 4 unspecified atom stereocenters. The van der Waals surface area contributed by atoms with Crippen LogP contribution in [0.2, 0.25) is 0 Å². The summed E-state index contributed by atoms with van der Waals surface area (Å²) < 4.78 is 34.8. The first-order valence-electron chi connectivity index (χ1n) is 12.9. The van der Waals surface area contributed by atoms with Crippen molar-refractivity contribution >= 4 is 0 Å². The van der Waals surface area contributed by atoms with Gasteiger partial charge in [-0.25, -0.2) is 8.78 Å². The van der Waals surface area contributed by atoms with E-state index < -0.39 is 11.6 Å². The molecule has 182 valence electrons. The number of hydrogen-bond acceptors (Lipinski definition) is 3. The van der Waals surface area contributed by atoms with Crippen LogP contribution in [0.15, 0.2) is 72.8 Å². The van der Waals surface area contributed by atoms with E-state index in [0.717, 1.165) is 37.4 Å². The van der Waals surface area contributed by atoms with E-state index in [9.17, 15) is 8.78 Å². The molecule has 1 saturated carbocycles. The summed E-state index contributed by atoms with van der Waals surface area (Å²) in [5.41, 5.74) is 3.00. The van der Waals surface area contributed by atoms with Crippen LogP contribution < -0.4 is 10.1 Å². The standard InChI is InChI=1S/C30H32F2N2O/c31-22-13-27(30(28(32)14-22)35-19-21-9-5-2-6-10-21)26-17-29(26)33-23-15-24-11-12-25(16-23)34(24)18-20-7-3-1-4-8-20/h1-10,13-14,23-26,29,33H,11-12,15-19H2. The number of rotatable bonds is 8. The van der Waals surface area contributed by atoms with E-state index in [0.29, 0.717) is 23.7 Å². The molecule has 2 bridgehead atoms. The van der Waals surface area contributed by atoms with Crippen LogP contribution >= 0.6 is 0 Å². The lowest BCUT2D eigenvalue weighted by Crippen LogP contribution is -2.49. The summed E-state index contributed by atoms with van der Waals surface area (Å²) >= 11 is 0. The van der Waals surface area contributed by atoms with Crippen LogP contribution in [0, 0.1) is 11.6 Å². The van der Waals surface area contributed by atoms with E-state index in [1.54, 1.807) is 0 Å². The Hall–Kier alpha value is -2.76. The zero-order chi connectivity index (χ0) is 23.8. The molecule has 4 atom stereocenters. The minimum Gasteiger partial charge on any atom is -0.486 e. The smallest absolute Gasteiger partial charge is 0.168 e. The van der Waals surface area contributed by atoms with Gasteiger partial charge >= 0.3 is 0 Å². The fourth-order valence-corrected chi connectivity index (χ4v) is 6.23. The van der Waals surface area contributed by atoms with Gasteiger partial charge in [-0.15, -0.1) is 0 Å². The predicted octanol–water partition coefficient (Wildman–Crippen LogP) is 6.18. The van der Waals surface area contributed by atoms with Gasteiger partial charge in [0.15, 0.2) is 11.6 Å². The van der Waals surface area contributed by atoms with Crippen LogP contribution in [0.1, 0.15) is 54.7 Å². The minimum absolute atomic E-state index is 0.0889. The highest BCUT2D eigenvalue weighted by Crippen LogP contribution is 2.47. The Morgan fingerprint density at radius 3 is 2.17 bits per heavy atom. The number of benzene rings is 3. The summed E-state index contributed by atoms with van der Waals surface area (Å²) in [4.78, 5) is 2.69. The molecule has 6 rings (SSSR count). The maximum absolute atomic E-state index is 14.7. The molecule has 1 N–H and O–H groups in total. The van der Waals surface area contributed by atoms with Crippen LogP contribution in [0.25, 0.3) is 0 Å². The first kappa shape index (κ1) is 22.7. The van der Waals surface area contributed by atoms with Gasteiger partial charge in [-0.1, -0.05) is 60.7 Å². The molecule has 3 aromatic rings. The zero-order valence-corrected chi connectivity index (χ0v) is 19.9. The predicted molar refractivity (Wildman–Crippen MR) is 133 cm³/mol. The Bertz CT molecular complexity index is 1140. The van der Waals surface area contributed by atoms with E-state index >= 15 is 0 Å². The summed E-state index contributed by atoms with van der Waals surface area (Å²) in [6, 6.07) is 24.7.